The highest BCUT2D eigenvalue weighted by atomic mass is 35.5. The van der Waals surface area contributed by atoms with Gasteiger partial charge in [-0.05, 0) is 55.7 Å². The lowest BCUT2D eigenvalue weighted by Crippen LogP contribution is -2.44. The van der Waals surface area contributed by atoms with Crippen molar-refractivity contribution in [1.29, 1.82) is 0 Å². The van der Waals surface area contributed by atoms with Gasteiger partial charge in [-0.2, -0.15) is 4.98 Å². The third-order valence-corrected chi connectivity index (χ3v) is 6.50. The lowest BCUT2D eigenvalue weighted by atomic mass is 9.96. The minimum Gasteiger partial charge on any atom is -0.341 e. The van der Waals surface area contributed by atoms with Gasteiger partial charge in [0.2, 0.25) is 23.5 Å². The van der Waals surface area contributed by atoms with Crippen molar-refractivity contribution >= 4 is 29.1 Å². The van der Waals surface area contributed by atoms with E-state index in [1.807, 2.05) is 0 Å². The summed E-state index contributed by atoms with van der Waals surface area (Å²) in [6.07, 6.45) is 2.05. The van der Waals surface area contributed by atoms with Crippen LogP contribution in [0.15, 0.2) is 53.1 Å². The van der Waals surface area contributed by atoms with Gasteiger partial charge >= 0.3 is 0 Å². The van der Waals surface area contributed by atoms with Gasteiger partial charge in [-0.15, -0.1) is 0 Å². The number of benzene rings is 2. The molecule has 2 saturated heterocycles. The van der Waals surface area contributed by atoms with Crippen LogP contribution in [-0.2, 0) is 9.59 Å². The van der Waals surface area contributed by atoms with E-state index in [0.29, 0.717) is 48.4 Å². The van der Waals surface area contributed by atoms with E-state index < -0.39 is 5.92 Å². The zero-order valence-corrected chi connectivity index (χ0v) is 18.5. The molecule has 0 saturated carbocycles. The van der Waals surface area contributed by atoms with E-state index in [-0.39, 0.29) is 23.5 Å². The topological polar surface area (TPSA) is 79.5 Å². The first-order valence-corrected chi connectivity index (χ1v) is 11.3. The molecule has 9 heteroatoms. The highest BCUT2D eigenvalue weighted by Gasteiger charge is 2.41. The quantitative estimate of drug-likeness (QED) is 0.534. The molecule has 3 aromatic rings. The molecule has 2 aliphatic rings. The fourth-order valence-corrected chi connectivity index (χ4v) is 4.66. The third-order valence-electron chi connectivity index (χ3n) is 6.25. The molecular weight excluding hydrogens is 447 g/mol. The molecule has 3 heterocycles. The first-order chi connectivity index (χ1) is 16.0. The summed E-state index contributed by atoms with van der Waals surface area (Å²) >= 11 is 5.94. The summed E-state index contributed by atoms with van der Waals surface area (Å²) in [6.45, 7) is 1.49. The Morgan fingerprint density at radius 1 is 1.12 bits per heavy atom. The summed E-state index contributed by atoms with van der Waals surface area (Å²) in [4.78, 5) is 34.0. The second kappa shape index (κ2) is 8.94. The van der Waals surface area contributed by atoms with Crippen molar-refractivity contribution < 1.29 is 18.5 Å². The molecule has 2 unspecified atom stereocenters. The fourth-order valence-electron chi connectivity index (χ4n) is 4.53. The molecule has 33 heavy (non-hydrogen) atoms. The summed E-state index contributed by atoms with van der Waals surface area (Å²) in [7, 11) is 0. The molecule has 2 aromatic carbocycles. The van der Waals surface area contributed by atoms with Crippen LogP contribution in [0.5, 0.6) is 0 Å². The highest BCUT2D eigenvalue weighted by Crippen LogP contribution is 2.31. The molecule has 0 N–H and O–H groups in total. The van der Waals surface area contributed by atoms with Gasteiger partial charge < -0.3 is 14.3 Å². The maximum atomic E-state index is 13.5. The number of carbonyl (C=O) groups excluding carboxylic acids is 2. The molecule has 0 aliphatic carbocycles. The average molecular weight is 469 g/mol. The molecule has 0 bridgehead atoms. The summed E-state index contributed by atoms with van der Waals surface area (Å²) < 4.78 is 19.0. The standard InChI is InChI=1S/C24H22ClFN4O3/c25-17-6-8-19(9-7-17)30-12-10-20(24(30)32)23(31)29-11-2-4-16(14-29)22-27-21(28-33-22)15-3-1-5-18(26)13-15/h1,3,5-9,13,16,20H,2,4,10-12,14H2. The maximum absolute atomic E-state index is 13.5. The van der Waals surface area contributed by atoms with E-state index in [9.17, 15) is 14.0 Å². The van der Waals surface area contributed by atoms with Crippen LogP contribution in [0, 0.1) is 11.7 Å². The second-order valence-corrected chi connectivity index (χ2v) is 8.83. The van der Waals surface area contributed by atoms with E-state index in [4.69, 9.17) is 16.1 Å². The van der Waals surface area contributed by atoms with Crippen molar-refractivity contribution in [3.05, 3.63) is 65.3 Å². The van der Waals surface area contributed by atoms with Gasteiger partial charge in [0.1, 0.15) is 11.7 Å². The number of aromatic nitrogens is 2. The summed E-state index contributed by atoms with van der Waals surface area (Å²) in [6, 6.07) is 13.1. The number of hydrogen-bond donors (Lipinski definition) is 0. The van der Waals surface area contributed by atoms with E-state index in [2.05, 4.69) is 10.1 Å². The first kappa shape index (κ1) is 21.6. The van der Waals surface area contributed by atoms with Gasteiger partial charge in [-0.3, -0.25) is 9.59 Å². The predicted octanol–water partition coefficient (Wildman–Crippen LogP) is 4.29. The summed E-state index contributed by atoms with van der Waals surface area (Å²) in [5.41, 5.74) is 1.28. The van der Waals surface area contributed by atoms with Gasteiger partial charge in [-0.25, -0.2) is 4.39 Å². The third kappa shape index (κ3) is 4.35. The molecule has 7 nitrogen and oxygen atoms in total. The molecule has 2 atom stereocenters. The van der Waals surface area contributed by atoms with Crippen molar-refractivity contribution in [2.24, 2.45) is 5.92 Å². The predicted molar refractivity (Wildman–Crippen MR) is 120 cm³/mol. The van der Waals surface area contributed by atoms with Crippen LogP contribution in [-0.4, -0.2) is 46.5 Å². The zero-order chi connectivity index (χ0) is 22.9. The molecule has 2 fully saturated rings. The SMILES string of the molecule is O=C(C1CCN(c2ccc(Cl)cc2)C1=O)N1CCCC(c2nc(-c3cccc(F)c3)no2)C1. The molecule has 2 amide bonds. The number of nitrogens with zero attached hydrogens (tertiary/aromatic N) is 4. The molecule has 0 radical (unpaired) electrons. The van der Waals surface area contributed by atoms with Crippen molar-refractivity contribution in [3.63, 3.8) is 0 Å². The minimum absolute atomic E-state index is 0.124. The Morgan fingerprint density at radius 2 is 1.94 bits per heavy atom. The second-order valence-electron chi connectivity index (χ2n) is 8.40. The van der Waals surface area contributed by atoms with Crippen molar-refractivity contribution in [3.8, 4) is 11.4 Å². The summed E-state index contributed by atoms with van der Waals surface area (Å²) in [5, 5.41) is 4.58. The van der Waals surface area contributed by atoms with Gasteiger partial charge in [0.25, 0.3) is 0 Å². The molecule has 170 valence electrons. The van der Waals surface area contributed by atoms with Crippen LogP contribution in [0.1, 0.15) is 31.1 Å². The van der Waals surface area contributed by atoms with Crippen LogP contribution in [0.25, 0.3) is 11.4 Å². The van der Waals surface area contributed by atoms with Crippen molar-refractivity contribution in [2.75, 3.05) is 24.5 Å². The Balaban J connectivity index is 1.27. The fraction of sp³-hybridized carbons (Fsp3) is 0.333. The normalized spacial score (nSPS) is 21.0. The Morgan fingerprint density at radius 3 is 2.73 bits per heavy atom. The van der Waals surface area contributed by atoms with Crippen LogP contribution in [0.3, 0.4) is 0 Å². The zero-order valence-electron chi connectivity index (χ0n) is 17.8. The molecule has 0 spiro atoms. The average Bonchev–Trinajstić information content (AvgIpc) is 3.47. The Bertz CT molecular complexity index is 1180. The first-order valence-electron chi connectivity index (χ1n) is 10.9. The molecular formula is C24H22ClFN4O3. The van der Waals surface area contributed by atoms with Crippen molar-refractivity contribution in [2.45, 2.75) is 25.2 Å². The minimum atomic E-state index is -0.690. The molecule has 1 aromatic heterocycles. The van der Waals surface area contributed by atoms with Crippen molar-refractivity contribution in [1.82, 2.24) is 15.0 Å². The van der Waals surface area contributed by atoms with Crippen LogP contribution in [0.4, 0.5) is 10.1 Å². The lowest BCUT2D eigenvalue weighted by Gasteiger charge is -2.32. The van der Waals surface area contributed by atoms with Gasteiger partial charge in [0.15, 0.2) is 0 Å². The monoisotopic (exact) mass is 468 g/mol. The number of likely N-dealkylation sites (tertiary alicyclic amines) is 1. The van der Waals surface area contributed by atoms with Crippen LogP contribution < -0.4 is 4.90 Å². The van der Waals surface area contributed by atoms with Crippen LogP contribution in [0.2, 0.25) is 5.02 Å². The number of anilines is 1. The number of halogens is 2. The molecule has 2 aliphatic heterocycles. The van der Waals surface area contributed by atoms with Gasteiger partial charge in [-0.1, -0.05) is 28.9 Å². The number of hydrogen-bond acceptors (Lipinski definition) is 5. The number of carbonyl (C=O) groups is 2. The number of rotatable bonds is 4. The molecule has 5 rings (SSSR count). The van der Waals surface area contributed by atoms with E-state index in [1.54, 1.807) is 46.2 Å². The maximum Gasteiger partial charge on any atom is 0.239 e. The van der Waals surface area contributed by atoms with E-state index in [1.165, 1.54) is 12.1 Å². The Hall–Kier alpha value is -3.26. The van der Waals surface area contributed by atoms with Gasteiger partial charge in [0, 0.05) is 35.9 Å². The largest absolute Gasteiger partial charge is 0.341 e. The smallest absolute Gasteiger partial charge is 0.239 e. The Labute approximate surface area is 195 Å². The number of piperidine rings is 1. The highest BCUT2D eigenvalue weighted by molar-refractivity contribution is 6.30. The summed E-state index contributed by atoms with van der Waals surface area (Å²) in [5.74, 6) is -0.792. The van der Waals surface area contributed by atoms with E-state index >= 15 is 0 Å². The lowest BCUT2D eigenvalue weighted by molar-refractivity contribution is -0.140. The Kier molecular flexibility index (Phi) is 5.85. The number of amides is 2. The van der Waals surface area contributed by atoms with Gasteiger partial charge in [0.05, 0.1) is 5.92 Å². The van der Waals surface area contributed by atoms with Crippen LogP contribution >= 0.6 is 11.6 Å². The van der Waals surface area contributed by atoms with E-state index in [0.717, 1.165) is 18.5 Å².